The van der Waals surface area contributed by atoms with E-state index in [4.69, 9.17) is 4.89 Å². The lowest BCUT2D eigenvalue weighted by Crippen LogP contribution is -2.45. The van der Waals surface area contributed by atoms with Gasteiger partial charge in [-0.1, -0.05) is 51.9 Å². The van der Waals surface area contributed by atoms with Crippen molar-refractivity contribution in [2.24, 2.45) is 0 Å². The number of phosphoric ester groups is 1. The normalized spacial score (nSPS) is 16.1. The second-order valence-electron chi connectivity index (χ2n) is 7.23. The molecule has 0 spiro atoms. The van der Waals surface area contributed by atoms with Gasteiger partial charge in [0.15, 0.2) is 11.9 Å². The van der Waals surface area contributed by atoms with Crippen LogP contribution in [0.15, 0.2) is 0 Å². The van der Waals surface area contributed by atoms with Crippen LogP contribution < -0.4 is 4.89 Å². The molecule has 0 saturated carbocycles. The van der Waals surface area contributed by atoms with Gasteiger partial charge in [0.05, 0.1) is 21.1 Å². The molecule has 138 valence electrons. The topological polar surface area (TPSA) is 86.7 Å². The fraction of sp³-hybridized carbons (Fsp3) is 0.938. The molecule has 0 saturated heterocycles. The van der Waals surface area contributed by atoms with Gasteiger partial charge in [0.2, 0.25) is 0 Å². The van der Waals surface area contributed by atoms with Gasteiger partial charge in [-0.3, -0.25) is 9.36 Å². The summed E-state index contributed by atoms with van der Waals surface area (Å²) in [5.74, 6) is -0.255. The molecule has 2 unspecified atom stereocenters. The number of phosphoric acid groups is 1. The first-order chi connectivity index (χ1) is 10.5. The summed E-state index contributed by atoms with van der Waals surface area (Å²) in [6, 6.07) is 0. The molecular weight excluding hydrogens is 317 g/mol. The van der Waals surface area contributed by atoms with Gasteiger partial charge in [0.25, 0.3) is 7.82 Å². The average molecular weight is 351 g/mol. The summed E-state index contributed by atoms with van der Waals surface area (Å²) in [7, 11) is 0.618. The molecule has 0 bridgehead atoms. The monoisotopic (exact) mass is 351 g/mol. The zero-order valence-electron chi connectivity index (χ0n) is 15.1. The number of nitrogens with zero attached hydrogens (tertiary/aromatic N) is 1. The first-order valence-electron chi connectivity index (χ1n) is 8.60. The van der Waals surface area contributed by atoms with Gasteiger partial charge in [0.1, 0.15) is 6.54 Å². The van der Waals surface area contributed by atoms with Gasteiger partial charge in [-0.2, -0.15) is 0 Å². The molecule has 0 aliphatic rings. The molecule has 2 atom stereocenters. The third-order valence-corrected chi connectivity index (χ3v) is 4.13. The van der Waals surface area contributed by atoms with Gasteiger partial charge in [0, 0.05) is 6.42 Å². The van der Waals surface area contributed by atoms with Crippen molar-refractivity contribution in [1.29, 1.82) is 0 Å². The van der Waals surface area contributed by atoms with Gasteiger partial charge < -0.3 is 18.8 Å². The van der Waals surface area contributed by atoms with Gasteiger partial charge in [-0.15, -0.1) is 0 Å². The molecule has 0 aromatic heterocycles. The maximum atomic E-state index is 12.2. The van der Waals surface area contributed by atoms with Crippen LogP contribution in [0.1, 0.15) is 64.7 Å². The first-order valence-corrected chi connectivity index (χ1v) is 10.1. The summed E-state index contributed by atoms with van der Waals surface area (Å²) >= 11 is 0. The number of carbonyl (C=O) groups is 1. The number of Topliss-reactive ketones (excluding diaryl/α,β-unsaturated/α-hetero) is 1. The predicted molar refractivity (Wildman–Crippen MR) is 89.8 cm³/mol. The van der Waals surface area contributed by atoms with E-state index < -0.39 is 13.9 Å². The van der Waals surface area contributed by atoms with Crippen LogP contribution in [-0.4, -0.2) is 49.0 Å². The summed E-state index contributed by atoms with van der Waals surface area (Å²) in [5, 5.41) is 0. The van der Waals surface area contributed by atoms with Crippen molar-refractivity contribution < 1.29 is 28.2 Å². The number of hydrogen-bond acceptors (Lipinski definition) is 4. The van der Waals surface area contributed by atoms with E-state index in [9.17, 15) is 14.3 Å². The minimum Gasteiger partial charge on any atom is -0.756 e. The number of ketones is 1. The molecule has 0 aliphatic heterocycles. The van der Waals surface area contributed by atoms with Crippen LogP contribution >= 0.6 is 7.82 Å². The molecule has 6 nitrogen and oxygen atoms in total. The predicted octanol–water partition coefficient (Wildman–Crippen LogP) is 2.64. The number of unbranched alkanes of at least 4 members (excludes halogenated alkanes) is 7. The molecule has 0 aliphatic carbocycles. The van der Waals surface area contributed by atoms with Crippen LogP contribution in [0, 0.1) is 0 Å². The van der Waals surface area contributed by atoms with Crippen LogP contribution in [0.5, 0.6) is 0 Å². The van der Waals surface area contributed by atoms with E-state index in [0.717, 1.165) is 19.3 Å². The summed E-state index contributed by atoms with van der Waals surface area (Å²) in [6.45, 7) is 2.40. The fourth-order valence-corrected chi connectivity index (χ4v) is 2.95. The highest BCUT2D eigenvalue weighted by Gasteiger charge is 2.28. The lowest BCUT2D eigenvalue weighted by atomic mass is 10.0. The summed E-state index contributed by atoms with van der Waals surface area (Å²) < 4.78 is 15.9. The van der Waals surface area contributed by atoms with Gasteiger partial charge in [-0.05, 0) is 6.42 Å². The minimum absolute atomic E-state index is 0.211. The summed E-state index contributed by atoms with van der Waals surface area (Å²) in [5.41, 5.74) is 0. The second-order valence-corrected chi connectivity index (χ2v) is 8.37. The van der Waals surface area contributed by atoms with E-state index in [1.165, 1.54) is 32.1 Å². The smallest absolute Gasteiger partial charge is 0.266 e. The Kier molecular flexibility index (Phi) is 11.2. The Hall–Kier alpha value is -0.260. The quantitative estimate of drug-likeness (QED) is 0.295. The lowest BCUT2D eigenvalue weighted by Gasteiger charge is -2.30. The molecule has 0 aromatic rings. The van der Waals surface area contributed by atoms with Gasteiger partial charge >= 0.3 is 0 Å². The van der Waals surface area contributed by atoms with Crippen LogP contribution in [0.4, 0.5) is 0 Å². The average Bonchev–Trinajstić information content (AvgIpc) is 2.37. The highest BCUT2D eigenvalue weighted by atomic mass is 31.2. The zero-order valence-corrected chi connectivity index (χ0v) is 16.0. The van der Waals surface area contributed by atoms with E-state index in [0.29, 0.717) is 10.9 Å². The van der Waals surface area contributed by atoms with Crippen molar-refractivity contribution in [3.8, 4) is 0 Å². The van der Waals surface area contributed by atoms with Crippen molar-refractivity contribution in [1.82, 2.24) is 0 Å². The Morgan fingerprint density at radius 1 is 1.09 bits per heavy atom. The molecule has 0 radical (unpaired) electrons. The maximum Gasteiger partial charge on any atom is 0.266 e. The molecule has 0 amide bonds. The fourth-order valence-electron chi connectivity index (χ4n) is 2.45. The molecule has 1 N–H and O–H groups in total. The zero-order chi connectivity index (χ0) is 17.9. The first kappa shape index (κ1) is 22.7. The Morgan fingerprint density at radius 2 is 1.57 bits per heavy atom. The standard InChI is InChI=1S/C16H34NO5P/c1-5-6-7-8-9-10-11-12-13-15(18)16(14-17(2,3)4)22-23(19,20)21/h16H,5-14H2,1-4H3,(H-,19,20,21). The van der Waals surface area contributed by atoms with E-state index in [-0.39, 0.29) is 12.3 Å². The molecule has 0 aromatic carbocycles. The van der Waals surface area contributed by atoms with E-state index >= 15 is 0 Å². The highest BCUT2D eigenvalue weighted by molar-refractivity contribution is 7.44. The van der Waals surface area contributed by atoms with Crippen molar-refractivity contribution >= 4 is 13.6 Å². The van der Waals surface area contributed by atoms with Crippen molar-refractivity contribution in [3.05, 3.63) is 0 Å². The van der Waals surface area contributed by atoms with Crippen molar-refractivity contribution in [3.63, 3.8) is 0 Å². The summed E-state index contributed by atoms with van der Waals surface area (Å²) in [6.07, 6.45) is 8.17. The largest absolute Gasteiger partial charge is 0.756 e. The number of hydrogen-bond donors (Lipinski definition) is 1. The molecule has 0 rings (SSSR count). The van der Waals surface area contributed by atoms with Crippen LogP contribution in [0.25, 0.3) is 0 Å². The molecule has 7 heteroatoms. The molecule has 0 fully saturated rings. The summed E-state index contributed by atoms with van der Waals surface area (Å²) in [4.78, 5) is 32.0. The van der Waals surface area contributed by atoms with Crippen LogP contribution in [0.2, 0.25) is 0 Å². The Morgan fingerprint density at radius 3 is 2.00 bits per heavy atom. The number of quaternary nitrogens is 1. The third-order valence-electron chi connectivity index (χ3n) is 3.61. The second kappa shape index (κ2) is 11.3. The van der Waals surface area contributed by atoms with Crippen LogP contribution in [0.3, 0.4) is 0 Å². The highest BCUT2D eigenvalue weighted by Crippen LogP contribution is 2.33. The Balaban J connectivity index is 4.11. The molecular formula is C16H34NO5P. The van der Waals surface area contributed by atoms with Crippen molar-refractivity contribution in [2.45, 2.75) is 70.8 Å². The molecule has 23 heavy (non-hydrogen) atoms. The van der Waals surface area contributed by atoms with E-state index in [1.807, 2.05) is 21.1 Å². The van der Waals surface area contributed by atoms with Crippen molar-refractivity contribution in [2.75, 3.05) is 27.7 Å². The number of carbonyl (C=O) groups excluding carboxylic acids is 1. The number of rotatable bonds is 14. The minimum atomic E-state index is -4.90. The Labute approximate surface area is 141 Å². The Bertz CT molecular complexity index is 375. The third kappa shape index (κ3) is 15.0. The van der Waals surface area contributed by atoms with Gasteiger partial charge in [-0.25, -0.2) is 0 Å². The lowest BCUT2D eigenvalue weighted by molar-refractivity contribution is -0.872. The number of likely N-dealkylation sites (N-methyl/N-ethyl adjacent to an activating group) is 1. The van der Waals surface area contributed by atoms with Crippen LogP contribution in [-0.2, 0) is 13.9 Å². The maximum absolute atomic E-state index is 12.2. The van der Waals surface area contributed by atoms with E-state index in [2.05, 4.69) is 11.4 Å². The van der Waals surface area contributed by atoms with E-state index in [1.54, 1.807) is 0 Å². The SMILES string of the molecule is CCCCCCCCCCC(=O)C(C[N+](C)(C)C)OP(=O)([O-])O. The molecule has 0 heterocycles.